The lowest BCUT2D eigenvalue weighted by Crippen LogP contribution is -2.20. The quantitative estimate of drug-likeness (QED) is 0.838. The molecule has 0 fully saturated rings. The zero-order chi connectivity index (χ0) is 16.1. The van der Waals surface area contributed by atoms with Crippen molar-refractivity contribution in [3.05, 3.63) is 58.6 Å². The second kappa shape index (κ2) is 6.95. The highest BCUT2D eigenvalue weighted by molar-refractivity contribution is 6.30. The molecule has 0 unspecified atom stereocenters. The Balaban J connectivity index is 2.01. The van der Waals surface area contributed by atoms with E-state index in [0.29, 0.717) is 22.0 Å². The van der Waals surface area contributed by atoms with Crippen molar-refractivity contribution in [1.29, 1.82) is 0 Å². The van der Waals surface area contributed by atoms with Crippen molar-refractivity contribution in [2.75, 3.05) is 17.7 Å². The number of carbonyl (C=O) groups is 2. The maximum absolute atomic E-state index is 11.9. The van der Waals surface area contributed by atoms with Crippen LogP contribution >= 0.6 is 11.6 Å². The zero-order valence-corrected chi connectivity index (χ0v) is 12.9. The average Bonchev–Trinajstić information content (AvgIpc) is 2.50. The lowest BCUT2D eigenvalue weighted by atomic mass is 10.2. The molecule has 0 aliphatic rings. The number of carbonyl (C=O) groups excluding carboxylic acids is 2. The van der Waals surface area contributed by atoms with E-state index >= 15 is 0 Å². The summed E-state index contributed by atoms with van der Waals surface area (Å²) in [5.41, 5.74) is 2.52. The van der Waals surface area contributed by atoms with E-state index in [2.05, 4.69) is 15.4 Å². The van der Waals surface area contributed by atoms with Crippen molar-refractivity contribution >= 4 is 35.0 Å². The number of esters is 1. The molecule has 114 valence electrons. The number of rotatable bonds is 3. The molecule has 0 saturated carbocycles. The largest absolute Gasteiger partial charge is 0.465 e. The van der Waals surface area contributed by atoms with Gasteiger partial charge in [-0.3, -0.25) is 0 Å². The summed E-state index contributed by atoms with van der Waals surface area (Å²) >= 11 is 5.87. The SMILES string of the molecule is COC(=O)c1ccc(NC(=O)Nc2ccc(Cl)cc2C)cc1. The minimum Gasteiger partial charge on any atom is -0.465 e. The predicted molar refractivity (Wildman–Crippen MR) is 86.6 cm³/mol. The number of hydrogen-bond donors (Lipinski definition) is 2. The van der Waals surface area contributed by atoms with Crippen molar-refractivity contribution in [3.63, 3.8) is 0 Å². The van der Waals surface area contributed by atoms with Crippen LogP contribution < -0.4 is 10.6 Å². The fourth-order valence-corrected chi connectivity index (χ4v) is 2.09. The van der Waals surface area contributed by atoms with Gasteiger partial charge in [0.05, 0.1) is 12.7 Å². The van der Waals surface area contributed by atoms with Crippen LogP contribution in [0.3, 0.4) is 0 Å². The molecular formula is C16H15ClN2O3. The smallest absolute Gasteiger partial charge is 0.337 e. The van der Waals surface area contributed by atoms with Crippen molar-refractivity contribution in [1.82, 2.24) is 0 Å². The van der Waals surface area contributed by atoms with Crippen LogP contribution in [0.4, 0.5) is 16.2 Å². The molecule has 0 spiro atoms. The molecule has 22 heavy (non-hydrogen) atoms. The number of aryl methyl sites for hydroxylation is 1. The molecule has 0 saturated heterocycles. The summed E-state index contributed by atoms with van der Waals surface area (Å²) in [5, 5.41) is 6.03. The third kappa shape index (κ3) is 3.99. The monoisotopic (exact) mass is 318 g/mol. The maximum Gasteiger partial charge on any atom is 0.337 e. The maximum atomic E-state index is 11.9. The number of hydrogen-bond acceptors (Lipinski definition) is 3. The Labute approximate surface area is 133 Å². The molecule has 2 aromatic carbocycles. The highest BCUT2D eigenvalue weighted by Crippen LogP contribution is 2.20. The van der Waals surface area contributed by atoms with Gasteiger partial charge in [0.2, 0.25) is 0 Å². The Morgan fingerprint density at radius 2 is 1.73 bits per heavy atom. The van der Waals surface area contributed by atoms with E-state index < -0.39 is 5.97 Å². The fourth-order valence-electron chi connectivity index (χ4n) is 1.86. The molecular weight excluding hydrogens is 304 g/mol. The van der Waals surface area contributed by atoms with Gasteiger partial charge >= 0.3 is 12.0 Å². The van der Waals surface area contributed by atoms with Crippen LogP contribution in [0.15, 0.2) is 42.5 Å². The minimum absolute atomic E-state index is 0.378. The second-order valence-electron chi connectivity index (χ2n) is 4.61. The Hall–Kier alpha value is -2.53. The Morgan fingerprint density at radius 3 is 2.32 bits per heavy atom. The Kier molecular flexibility index (Phi) is 5.01. The Morgan fingerprint density at radius 1 is 1.05 bits per heavy atom. The third-order valence-corrected chi connectivity index (χ3v) is 3.24. The van der Waals surface area contributed by atoms with Crippen LogP contribution in [-0.4, -0.2) is 19.1 Å². The van der Waals surface area contributed by atoms with Crippen molar-refractivity contribution in [2.45, 2.75) is 6.92 Å². The van der Waals surface area contributed by atoms with Gasteiger partial charge in [0.1, 0.15) is 0 Å². The standard InChI is InChI=1S/C16H15ClN2O3/c1-10-9-12(17)5-8-14(10)19-16(21)18-13-6-3-11(4-7-13)15(20)22-2/h3-9H,1-2H3,(H2,18,19,21). The first-order valence-corrected chi connectivity index (χ1v) is 6.90. The summed E-state index contributed by atoms with van der Waals surface area (Å²) in [4.78, 5) is 23.3. The van der Waals surface area contributed by atoms with Gasteiger partial charge in [0, 0.05) is 16.4 Å². The number of benzene rings is 2. The predicted octanol–water partition coefficient (Wildman–Crippen LogP) is 4.08. The van der Waals surface area contributed by atoms with Gasteiger partial charge in [0.25, 0.3) is 0 Å². The topological polar surface area (TPSA) is 67.4 Å². The van der Waals surface area contributed by atoms with Crippen molar-refractivity contribution < 1.29 is 14.3 Å². The first-order chi connectivity index (χ1) is 10.5. The molecule has 2 rings (SSSR count). The number of urea groups is 1. The van der Waals surface area contributed by atoms with E-state index in [0.717, 1.165) is 5.56 Å². The summed E-state index contributed by atoms with van der Waals surface area (Å²) in [6.07, 6.45) is 0. The summed E-state index contributed by atoms with van der Waals surface area (Å²) in [7, 11) is 1.32. The molecule has 2 amide bonds. The van der Waals surface area contributed by atoms with Gasteiger partial charge in [-0.2, -0.15) is 0 Å². The van der Waals surface area contributed by atoms with Gasteiger partial charge in [-0.15, -0.1) is 0 Å². The van der Waals surface area contributed by atoms with Gasteiger partial charge in [-0.1, -0.05) is 11.6 Å². The first kappa shape index (κ1) is 15.9. The Bertz CT molecular complexity index is 699. The van der Waals surface area contributed by atoms with Crippen LogP contribution in [0.2, 0.25) is 5.02 Å². The molecule has 0 radical (unpaired) electrons. The molecule has 0 aliphatic heterocycles. The van der Waals surface area contributed by atoms with Gasteiger partial charge in [-0.05, 0) is 55.0 Å². The molecule has 6 heteroatoms. The lowest BCUT2D eigenvalue weighted by molar-refractivity contribution is 0.0601. The highest BCUT2D eigenvalue weighted by Gasteiger charge is 2.07. The van der Waals surface area contributed by atoms with E-state index in [4.69, 9.17) is 11.6 Å². The first-order valence-electron chi connectivity index (χ1n) is 6.52. The molecule has 2 aromatic rings. The van der Waals surface area contributed by atoms with Gasteiger partial charge in [0.15, 0.2) is 0 Å². The number of nitrogens with one attached hydrogen (secondary N) is 2. The number of amides is 2. The summed E-state index contributed by atoms with van der Waals surface area (Å²) in [6, 6.07) is 11.2. The number of ether oxygens (including phenoxy) is 1. The number of methoxy groups -OCH3 is 1. The summed E-state index contributed by atoms with van der Waals surface area (Å²) in [6.45, 7) is 1.85. The van der Waals surface area contributed by atoms with Gasteiger partial charge < -0.3 is 15.4 Å². The van der Waals surface area contributed by atoms with Crippen LogP contribution in [0.5, 0.6) is 0 Å². The molecule has 0 atom stereocenters. The van der Waals surface area contributed by atoms with Crippen LogP contribution in [0, 0.1) is 6.92 Å². The van der Waals surface area contributed by atoms with E-state index in [-0.39, 0.29) is 6.03 Å². The van der Waals surface area contributed by atoms with Crippen LogP contribution in [-0.2, 0) is 4.74 Å². The molecule has 0 aromatic heterocycles. The van der Waals surface area contributed by atoms with E-state index in [9.17, 15) is 9.59 Å². The molecule has 0 bridgehead atoms. The highest BCUT2D eigenvalue weighted by atomic mass is 35.5. The normalized spacial score (nSPS) is 9.95. The average molecular weight is 319 g/mol. The second-order valence-corrected chi connectivity index (χ2v) is 5.04. The van der Waals surface area contributed by atoms with Crippen molar-refractivity contribution in [3.8, 4) is 0 Å². The van der Waals surface area contributed by atoms with Gasteiger partial charge in [-0.25, -0.2) is 9.59 Å². The van der Waals surface area contributed by atoms with E-state index in [1.807, 2.05) is 6.92 Å². The fraction of sp³-hybridized carbons (Fsp3) is 0.125. The summed E-state index contributed by atoms with van der Waals surface area (Å²) in [5.74, 6) is -0.423. The summed E-state index contributed by atoms with van der Waals surface area (Å²) < 4.78 is 4.61. The van der Waals surface area contributed by atoms with Crippen molar-refractivity contribution in [2.24, 2.45) is 0 Å². The lowest BCUT2D eigenvalue weighted by Gasteiger charge is -2.10. The van der Waals surface area contributed by atoms with E-state index in [1.165, 1.54) is 7.11 Å². The third-order valence-electron chi connectivity index (χ3n) is 3.00. The minimum atomic E-state index is -0.423. The number of halogens is 1. The number of anilines is 2. The van der Waals surface area contributed by atoms with E-state index in [1.54, 1.807) is 42.5 Å². The molecule has 0 heterocycles. The molecule has 5 nitrogen and oxygen atoms in total. The molecule has 0 aliphatic carbocycles. The van der Waals surface area contributed by atoms with Crippen LogP contribution in [0.25, 0.3) is 0 Å². The molecule has 2 N–H and O–H groups in total. The zero-order valence-electron chi connectivity index (χ0n) is 12.1. The van der Waals surface area contributed by atoms with Crippen LogP contribution in [0.1, 0.15) is 15.9 Å².